The molecule has 112 valence electrons. The van der Waals surface area contributed by atoms with Gasteiger partial charge in [-0.2, -0.15) is 5.10 Å². The van der Waals surface area contributed by atoms with Crippen molar-refractivity contribution in [1.29, 1.82) is 0 Å². The number of amides is 1. The second-order valence-corrected chi connectivity index (χ2v) is 5.46. The van der Waals surface area contributed by atoms with E-state index in [2.05, 4.69) is 15.4 Å². The Hall–Kier alpha value is -2.37. The average molecular weight is 287 g/mol. The standard InChI is InChI=1S/C15H21N5O/c1-10(2)13-7-12(8-14(16)19-13)15(21)18-11(3)9-20-6-4-5-17-20/h4-8,10-11H,9H2,1-3H3,(H2,16,19)(H,18,21). The molecule has 1 amide bonds. The number of nitrogens with zero attached hydrogens (tertiary/aromatic N) is 3. The number of carbonyl (C=O) groups excluding carboxylic acids is 1. The van der Waals surface area contributed by atoms with E-state index in [-0.39, 0.29) is 17.9 Å². The van der Waals surface area contributed by atoms with Crippen molar-refractivity contribution in [3.05, 3.63) is 41.9 Å². The lowest BCUT2D eigenvalue weighted by molar-refractivity contribution is 0.0936. The third-order valence-electron chi connectivity index (χ3n) is 3.12. The Labute approximate surface area is 124 Å². The van der Waals surface area contributed by atoms with Crippen LogP contribution in [0, 0.1) is 0 Å². The molecule has 2 aromatic rings. The maximum atomic E-state index is 12.3. The summed E-state index contributed by atoms with van der Waals surface area (Å²) >= 11 is 0. The predicted octanol–water partition coefficient (Wildman–Crippen LogP) is 1.80. The first-order valence-electron chi connectivity index (χ1n) is 7.01. The first kappa shape index (κ1) is 15.0. The number of hydrogen-bond donors (Lipinski definition) is 2. The van der Waals surface area contributed by atoms with Crippen LogP contribution >= 0.6 is 0 Å². The normalized spacial score (nSPS) is 12.4. The van der Waals surface area contributed by atoms with Gasteiger partial charge in [-0.25, -0.2) is 4.98 Å². The number of nitrogens with one attached hydrogen (secondary N) is 1. The molecule has 3 N–H and O–H groups in total. The number of carbonyl (C=O) groups is 1. The van der Waals surface area contributed by atoms with E-state index in [4.69, 9.17) is 5.73 Å². The molecule has 6 nitrogen and oxygen atoms in total. The van der Waals surface area contributed by atoms with E-state index < -0.39 is 0 Å². The molecular weight excluding hydrogens is 266 g/mol. The molecule has 2 heterocycles. The fourth-order valence-electron chi connectivity index (χ4n) is 2.04. The third-order valence-corrected chi connectivity index (χ3v) is 3.12. The molecule has 0 aliphatic heterocycles. The molecule has 21 heavy (non-hydrogen) atoms. The van der Waals surface area contributed by atoms with Gasteiger partial charge in [0.05, 0.1) is 6.54 Å². The number of nitrogen functional groups attached to an aromatic ring is 1. The number of anilines is 1. The van der Waals surface area contributed by atoms with Crippen LogP contribution in [-0.4, -0.2) is 26.7 Å². The molecule has 2 rings (SSSR count). The highest BCUT2D eigenvalue weighted by Gasteiger charge is 2.13. The fraction of sp³-hybridized carbons (Fsp3) is 0.400. The van der Waals surface area contributed by atoms with Crippen molar-refractivity contribution < 1.29 is 4.79 Å². The van der Waals surface area contributed by atoms with Gasteiger partial charge in [-0.1, -0.05) is 13.8 Å². The van der Waals surface area contributed by atoms with Gasteiger partial charge in [0, 0.05) is 29.7 Å². The summed E-state index contributed by atoms with van der Waals surface area (Å²) in [5.74, 6) is 0.443. The lowest BCUT2D eigenvalue weighted by Crippen LogP contribution is -2.36. The zero-order valence-electron chi connectivity index (χ0n) is 12.6. The Bertz CT molecular complexity index is 607. The van der Waals surface area contributed by atoms with Gasteiger partial charge in [-0.15, -0.1) is 0 Å². The van der Waals surface area contributed by atoms with Crippen LogP contribution in [0.3, 0.4) is 0 Å². The summed E-state index contributed by atoms with van der Waals surface area (Å²) in [4.78, 5) is 16.5. The molecule has 0 spiro atoms. The van der Waals surface area contributed by atoms with Gasteiger partial charge in [0.2, 0.25) is 0 Å². The Kier molecular flexibility index (Phi) is 4.57. The van der Waals surface area contributed by atoms with Gasteiger partial charge in [0.25, 0.3) is 5.91 Å². The zero-order chi connectivity index (χ0) is 15.4. The van der Waals surface area contributed by atoms with E-state index in [0.717, 1.165) is 5.69 Å². The molecule has 0 fully saturated rings. The van der Waals surface area contributed by atoms with Gasteiger partial charge in [0.15, 0.2) is 0 Å². The molecule has 1 atom stereocenters. The molecule has 0 saturated heterocycles. The molecule has 0 aromatic carbocycles. The van der Waals surface area contributed by atoms with Gasteiger partial charge < -0.3 is 11.1 Å². The van der Waals surface area contributed by atoms with Gasteiger partial charge >= 0.3 is 0 Å². The average Bonchev–Trinajstić information content (AvgIpc) is 2.90. The lowest BCUT2D eigenvalue weighted by atomic mass is 10.1. The van der Waals surface area contributed by atoms with Crippen molar-refractivity contribution in [3.8, 4) is 0 Å². The summed E-state index contributed by atoms with van der Waals surface area (Å²) in [6, 6.07) is 5.21. The smallest absolute Gasteiger partial charge is 0.251 e. The van der Waals surface area contributed by atoms with E-state index in [1.807, 2.05) is 33.0 Å². The number of hydrogen-bond acceptors (Lipinski definition) is 4. The van der Waals surface area contributed by atoms with Crippen molar-refractivity contribution in [2.75, 3.05) is 5.73 Å². The maximum absolute atomic E-state index is 12.3. The minimum atomic E-state index is -0.148. The van der Waals surface area contributed by atoms with Crippen LogP contribution in [0.1, 0.15) is 42.7 Å². The largest absolute Gasteiger partial charge is 0.384 e. The molecule has 2 aromatic heterocycles. The molecule has 0 saturated carbocycles. The highest BCUT2D eigenvalue weighted by atomic mass is 16.1. The van der Waals surface area contributed by atoms with Crippen LogP contribution in [0.15, 0.2) is 30.6 Å². The van der Waals surface area contributed by atoms with E-state index >= 15 is 0 Å². The first-order chi connectivity index (χ1) is 9.95. The molecule has 0 bridgehead atoms. The second kappa shape index (κ2) is 6.39. The quantitative estimate of drug-likeness (QED) is 0.878. The van der Waals surface area contributed by atoms with E-state index in [1.165, 1.54) is 0 Å². The second-order valence-electron chi connectivity index (χ2n) is 5.46. The lowest BCUT2D eigenvalue weighted by Gasteiger charge is -2.15. The van der Waals surface area contributed by atoms with Crippen molar-refractivity contribution in [1.82, 2.24) is 20.1 Å². The summed E-state index contributed by atoms with van der Waals surface area (Å²) in [6.45, 7) is 6.59. The Morgan fingerprint density at radius 1 is 1.38 bits per heavy atom. The molecular formula is C15H21N5O. The number of rotatable bonds is 5. The summed E-state index contributed by atoms with van der Waals surface area (Å²) in [7, 11) is 0. The highest BCUT2D eigenvalue weighted by molar-refractivity contribution is 5.95. The van der Waals surface area contributed by atoms with Crippen LogP contribution in [0.25, 0.3) is 0 Å². The monoisotopic (exact) mass is 287 g/mol. The third kappa shape index (κ3) is 4.05. The number of pyridine rings is 1. The van der Waals surface area contributed by atoms with E-state index in [9.17, 15) is 4.79 Å². The number of aromatic nitrogens is 3. The fourth-order valence-corrected chi connectivity index (χ4v) is 2.04. The molecule has 0 aliphatic rings. The highest BCUT2D eigenvalue weighted by Crippen LogP contribution is 2.16. The van der Waals surface area contributed by atoms with Crippen LogP contribution in [-0.2, 0) is 6.54 Å². The minimum absolute atomic E-state index is 0.0331. The first-order valence-corrected chi connectivity index (χ1v) is 7.01. The van der Waals surface area contributed by atoms with Crippen molar-refractivity contribution in [2.24, 2.45) is 0 Å². The van der Waals surface area contributed by atoms with E-state index in [1.54, 1.807) is 23.0 Å². The van der Waals surface area contributed by atoms with Crippen LogP contribution in [0.2, 0.25) is 0 Å². The SMILES string of the molecule is CC(Cn1cccn1)NC(=O)c1cc(N)nc(C(C)C)c1. The van der Waals surface area contributed by atoms with Crippen LogP contribution in [0.5, 0.6) is 0 Å². The molecule has 1 unspecified atom stereocenters. The van der Waals surface area contributed by atoms with Crippen molar-refractivity contribution in [2.45, 2.75) is 39.3 Å². The molecule has 0 aliphatic carbocycles. The summed E-state index contributed by atoms with van der Waals surface area (Å²) < 4.78 is 1.78. The zero-order valence-corrected chi connectivity index (χ0v) is 12.6. The van der Waals surface area contributed by atoms with E-state index in [0.29, 0.717) is 17.9 Å². The number of nitrogens with two attached hydrogens (primary N) is 1. The topological polar surface area (TPSA) is 85.8 Å². The Morgan fingerprint density at radius 3 is 2.76 bits per heavy atom. The summed E-state index contributed by atoms with van der Waals surface area (Å²) in [5.41, 5.74) is 7.13. The minimum Gasteiger partial charge on any atom is -0.384 e. The van der Waals surface area contributed by atoms with Crippen LogP contribution < -0.4 is 11.1 Å². The maximum Gasteiger partial charge on any atom is 0.251 e. The van der Waals surface area contributed by atoms with Crippen LogP contribution in [0.4, 0.5) is 5.82 Å². The molecule has 0 radical (unpaired) electrons. The van der Waals surface area contributed by atoms with Gasteiger partial charge in [-0.05, 0) is 31.0 Å². The summed E-state index contributed by atoms with van der Waals surface area (Å²) in [6.07, 6.45) is 3.58. The molecule has 6 heteroatoms. The van der Waals surface area contributed by atoms with Crippen molar-refractivity contribution >= 4 is 11.7 Å². The Morgan fingerprint density at radius 2 is 2.14 bits per heavy atom. The van der Waals surface area contributed by atoms with Gasteiger partial charge in [0.1, 0.15) is 5.82 Å². The predicted molar refractivity (Wildman–Crippen MR) is 81.9 cm³/mol. The summed E-state index contributed by atoms with van der Waals surface area (Å²) in [5, 5.41) is 7.07. The van der Waals surface area contributed by atoms with Gasteiger partial charge in [-0.3, -0.25) is 9.48 Å². The Balaban J connectivity index is 2.06. The van der Waals surface area contributed by atoms with Crippen molar-refractivity contribution in [3.63, 3.8) is 0 Å².